The van der Waals surface area contributed by atoms with E-state index in [0.717, 1.165) is 48.5 Å². The van der Waals surface area contributed by atoms with Crippen molar-refractivity contribution in [2.24, 2.45) is 0 Å². The zero-order chi connectivity index (χ0) is 22.3. The Hall–Kier alpha value is -3.43. The van der Waals surface area contributed by atoms with Crippen LogP contribution in [0.3, 0.4) is 0 Å². The Morgan fingerprint density at radius 3 is 2.66 bits per heavy atom. The van der Waals surface area contributed by atoms with Crippen LogP contribution >= 0.6 is 0 Å². The molecule has 2 N–H and O–H groups in total. The molecule has 1 aliphatic rings. The van der Waals surface area contributed by atoms with Gasteiger partial charge >= 0.3 is 6.18 Å². The van der Waals surface area contributed by atoms with Crippen molar-refractivity contribution in [1.29, 1.82) is 0 Å². The number of aryl methyl sites for hydroxylation is 1. The van der Waals surface area contributed by atoms with Crippen LogP contribution in [-0.2, 0) is 6.18 Å². The number of halogens is 3. The second-order valence-corrected chi connectivity index (χ2v) is 8.16. The number of aromatic nitrogens is 5. The summed E-state index contributed by atoms with van der Waals surface area (Å²) in [6.45, 7) is 1.73. The normalized spacial score (nSPS) is 19.4. The number of hydrogen-bond acceptors (Lipinski definition) is 6. The Kier molecular flexibility index (Phi) is 5.07. The van der Waals surface area contributed by atoms with Gasteiger partial charge in [0.1, 0.15) is 11.6 Å². The number of nitrogens with zero attached hydrogens (tertiary/aromatic N) is 5. The van der Waals surface area contributed by atoms with Gasteiger partial charge in [0.2, 0.25) is 0 Å². The third kappa shape index (κ3) is 4.04. The lowest BCUT2D eigenvalue weighted by atomic mass is 9.91. The van der Waals surface area contributed by atoms with E-state index < -0.39 is 11.9 Å². The highest BCUT2D eigenvalue weighted by Gasteiger charge is 2.34. The van der Waals surface area contributed by atoms with Gasteiger partial charge in [-0.3, -0.25) is 4.98 Å². The molecule has 10 heteroatoms. The van der Waals surface area contributed by atoms with Crippen molar-refractivity contribution in [1.82, 2.24) is 24.6 Å². The first kappa shape index (κ1) is 20.5. The first-order valence-corrected chi connectivity index (χ1v) is 10.5. The third-order valence-electron chi connectivity index (χ3n) is 5.74. The fourth-order valence-electron chi connectivity index (χ4n) is 4.31. The maximum atomic E-state index is 13.4. The molecule has 2 unspecified atom stereocenters. The molecule has 0 radical (unpaired) electrons. The van der Waals surface area contributed by atoms with Crippen LogP contribution in [0.1, 0.15) is 37.1 Å². The average molecular weight is 441 g/mol. The smallest absolute Gasteiger partial charge is 0.367 e. The number of nitrogens with one attached hydrogen (secondary N) is 2. The lowest BCUT2D eigenvalue weighted by Crippen LogP contribution is -2.35. The quantitative estimate of drug-likeness (QED) is 0.472. The second-order valence-electron chi connectivity index (χ2n) is 8.16. The number of anilines is 2. The monoisotopic (exact) mass is 441 g/mol. The maximum absolute atomic E-state index is 13.4. The summed E-state index contributed by atoms with van der Waals surface area (Å²) >= 11 is 0. The van der Waals surface area contributed by atoms with Crippen molar-refractivity contribution in [2.45, 2.75) is 50.9 Å². The van der Waals surface area contributed by atoms with E-state index in [1.165, 1.54) is 4.52 Å². The summed E-state index contributed by atoms with van der Waals surface area (Å²) < 4.78 is 41.6. The molecular formula is C22H22F3N7. The van der Waals surface area contributed by atoms with Gasteiger partial charge in [0.15, 0.2) is 11.3 Å². The second kappa shape index (κ2) is 7.92. The van der Waals surface area contributed by atoms with Crippen molar-refractivity contribution in [3.63, 3.8) is 0 Å². The fourth-order valence-corrected chi connectivity index (χ4v) is 4.31. The third-order valence-corrected chi connectivity index (χ3v) is 5.74. The molecule has 1 fully saturated rings. The average Bonchev–Trinajstić information content (AvgIpc) is 3.14. The molecular weight excluding hydrogens is 419 g/mol. The highest BCUT2D eigenvalue weighted by atomic mass is 19.4. The molecule has 5 rings (SSSR count). The van der Waals surface area contributed by atoms with E-state index in [0.29, 0.717) is 11.5 Å². The molecule has 1 saturated carbocycles. The van der Waals surface area contributed by atoms with E-state index in [1.807, 2.05) is 18.2 Å². The first-order chi connectivity index (χ1) is 15.4. The maximum Gasteiger partial charge on any atom is 0.433 e. The topological polar surface area (TPSA) is 80.0 Å². The standard InChI is InChI=1S/C22H22F3N7/c1-13-10-19-30-18(22(23,24)25)12-20(32(19)31-13)28-14-4-2-5-15(11-14)29-21-16-6-3-8-26-17(16)7-9-27-21/h3,6-10,12,14-15,28H,2,4-5,11H2,1H3,(H,27,29). The van der Waals surface area contributed by atoms with Gasteiger partial charge in [0.05, 0.1) is 11.2 Å². The predicted molar refractivity (Wildman–Crippen MR) is 116 cm³/mol. The molecule has 32 heavy (non-hydrogen) atoms. The van der Waals surface area contributed by atoms with Crippen LogP contribution in [0.15, 0.2) is 42.7 Å². The summed E-state index contributed by atoms with van der Waals surface area (Å²) in [6, 6.07) is 8.43. The molecule has 0 bridgehead atoms. The molecule has 0 spiro atoms. The molecule has 4 heterocycles. The Bertz CT molecular complexity index is 1260. The van der Waals surface area contributed by atoms with E-state index in [4.69, 9.17) is 0 Å². The van der Waals surface area contributed by atoms with Crippen molar-refractivity contribution < 1.29 is 13.2 Å². The Balaban J connectivity index is 1.38. The predicted octanol–water partition coefficient (Wildman–Crippen LogP) is 4.83. The van der Waals surface area contributed by atoms with Gasteiger partial charge in [-0.15, -0.1) is 0 Å². The van der Waals surface area contributed by atoms with Crippen LogP contribution in [0.4, 0.5) is 24.8 Å². The van der Waals surface area contributed by atoms with Gasteiger partial charge in [-0.05, 0) is 50.8 Å². The Morgan fingerprint density at radius 1 is 1.03 bits per heavy atom. The number of hydrogen-bond donors (Lipinski definition) is 2. The van der Waals surface area contributed by atoms with Crippen LogP contribution in [0.2, 0.25) is 0 Å². The van der Waals surface area contributed by atoms with E-state index in [2.05, 4.69) is 30.7 Å². The van der Waals surface area contributed by atoms with Gasteiger partial charge in [-0.1, -0.05) is 0 Å². The van der Waals surface area contributed by atoms with E-state index in [1.54, 1.807) is 25.4 Å². The number of alkyl halides is 3. The van der Waals surface area contributed by atoms with E-state index in [9.17, 15) is 13.2 Å². The van der Waals surface area contributed by atoms with Gasteiger partial charge in [0.25, 0.3) is 0 Å². The minimum absolute atomic E-state index is 0.00876. The van der Waals surface area contributed by atoms with Crippen molar-refractivity contribution in [3.8, 4) is 0 Å². The molecule has 0 saturated heterocycles. The van der Waals surface area contributed by atoms with Crippen LogP contribution in [0, 0.1) is 6.92 Å². The summed E-state index contributed by atoms with van der Waals surface area (Å²) in [5, 5.41) is 12.1. The Labute approximate surface area is 182 Å². The van der Waals surface area contributed by atoms with Crippen molar-refractivity contribution in [2.75, 3.05) is 10.6 Å². The molecule has 4 aromatic rings. The molecule has 7 nitrogen and oxygen atoms in total. The molecule has 0 aromatic carbocycles. The summed E-state index contributed by atoms with van der Waals surface area (Å²) in [7, 11) is 0. The summed E-state index contributed by atoms with van der Waals surface area (Å²) in [4.78, 5) is 12.6. The zero-order valence-corrected chi connectivity index (χ0v) is 17.4. The minimum Gasteiger partial charge on any atom is -0.367 e. The first-order valence-electron chi connectivity index (χ1n) is 10.5. The van der Waals surface area contributed by atoms with Gasteiger partial charge in [-0.25, -0.2) is 9.97 Å². The molecule has 166 valence electrons. The van der Waals surface area contributed by atoms with E-state index >= 15 is 0 Å². The number of rotatable bonds is 4. The van der Waals surface area contributed by atoms with Crippen LogP contribution in [-0.4, -0.2) is 36.6 Å². The van der Waals surface area contributed by atoms with Crippen LogP contribution in [0.25, 0.3) is 16.6 Å². The largest absolute Gasteiger partial charge is 0.433 e. The molecule has 1 aliphatic carbocycles. The minimum atomic E-state index is -4.53. The highest BCUT2D eigenvalue weighted by molar-refractivity contribution is 5.88. The highest BCUT2D eigenvalue weighted by Crippen LogP contribution is 2.32. The van der Waals surface area contributed by atoms with Crippen LogP contribution < -0.4 is 10.6 Å². The lowest BCUT2D eigenvalue weighted by Gasteiger charge is -2.31. The van der Waals surface area contributed by atoms with E-state index in [-0.39, 0.29) is 17.7 Å². The van der Waals surface area contributed by atoms with Gasteiger partial charge < -0.3 is 10.6 Å². The SMILES string of the molecule is Cc1cc2nc(C(F)(F)F)cc(NC3CCCC(Nc4nccc5ncccc45)C3)n2n1. The zero-order valence-electron chi connectivity index (χ0n) is 17.4. The summed E-state index contributed by atoms with van der Waals surface area (Å²) in [5.74, 6) is 1.07. The number of fused-ring (bicyclic) bond motifs is 2. The molecule has 0 aliphatic heterocycles. The lowest BCUT2D eigenvalue weighted by molar-refractivity contribution is -0.141. The molecule has 0 amide bonds. The molecule has 4 aromatic heterocycles. The summed E-state index contributed by atoms with van der Waals surface area (Å²) in [5.41, 5.74) is 0.727. The number of pyridine rings is 2. The summed E-state index contributed by atoms with van der Waals surface area (Å²) in [6.07, 6.45) is 2.43. The van der Waals surface area contributed by atoms with Crippen LogP contribution in [0.5, 0.6) is 0 Å². The van der Waals surface area contributed by atoms with Gasteiger partial charge in [0, 0.05) is 42.0 Å². The Morgan fingerprint density at radius 2 is 1.84 bits per heavy atom. The van der Waals surface area contributed by atoms with Crippen molar-refractivity contribution in [3.05, 3.63) is 54.1 Å². The fraction of sp³-hybridized carbons (Fsp3) is 0.364. The van der Waals surface area contributed by atoms with Crippen molar-refractivity contribution >= 4 is 28.2 Å². The molecule has 2 atom stereocenters. The van der Waals surface area contributed by atoms with Gasteiger partial charge in [-0.2, -0.15) is 22.8 Å².